The fourth-order valence-electron chi connectivity index (χ4n) is 3.78. The van der Waals surface area contributed by atoms with Gasteiger partial charge in [0.1, 0.15) is 0 Å². The molecule has 3 N–H and O–H groups in total. The van der Waals surface area contributed by atoms with Crippen LogP contribution in [-0.2, 0) is 9.53 Å². The lowest BCUT2D eigenvalue weighted by molar-refractivity contribution is -0.183. The monoisotopic (exact) mass is 318 g/mol. The van der Waals surface area contributed by atoms with Crippen molar-refractivity contribution in [2.24, 2.45) is 17.1 Å². The van der Waals surface area contributed by atoms with Crippen molar-refractivity contribution in [2.75, 3.05) is 7.11 Å². The van der Waals surface area contributed by atoms with Crippen molar-refractivity contribution in [1.82, 2.24) is 5.32 Å². The highest BCUT2D eigenvalue weighted by molar-refractivity contribution is 5.85. The van der Waals surface area contributed by atoms with Gasteiger partial charge in [0.25, 0.3) is 0 Å². The van der Waals surface area contributed by atoms with Gasteiger partial charge in [0.15, 0.2) is 0 Å². The van der Waals surface area contributed by atoms with E-state index in [4.69, 9.17) is 10.5 Å². The minimum atomic E-state index is -0.360. The summed E-state index contributed by atoms with van der Waals surface area (Å²) in [6.45, 7) is 8.45. The van der Waals surface area contributed by atoms with Gasteiger partial charge in [0, 0.05) is 24.1 Å². The predicted molar refractivity (Wildman–Crippen MR) is 87.5 cm³/mol. The number of hydrogen-bond donors (Lipinski definition) is 2. The molecule has 5 heteroatoms. The third kappa shape index (κ3) is 3.08. The van der Waals surface area contributed by atoms with Crippen LogP contribution in [0.25, 0.3) is 0 Å². The summed E-state index contributed by atoms with van der Waals surface area (Å²) in [4.78, 5) is 12.6. The number of halogens is 1. The fraction of sp³-hybridized carbons (Fsp3) is 0.938. The van der Waals surface area contributed by atoms with Crippen molar-refractivity contribution < 1.29 is 9.53 Å². The molecule has 0 aromatic carbocycles. The molecule has 0 aromatic rings. The Kier molecular flexibility index (Phi) is 5.40. The summed E-state index contributed by atoms with van der Waals surface area (Å²) in [5, 5.41) is 3.22. The van der Waals surface area contributed by atoms with Gasteiger partial charge >= 0.3 is 0 Å². The molecule has 2 rings (SSSR count). The first-order valence-corrected chi connectivity index (χ1v) is 7.78. The molecule has 0 heterocycles. The standard InChI is InChI=1S/C16H30N2O2.ClH/c1-14(2)12(10-16(14,4)20-5)18-13(19)11-8-6-7-9-15(11,3)17;/h11-12H,6-10,17H2,1-5H3,(H,18,19);1H. The summed E-state index contributed by atoms with van der Waals surface area (Å²) >= 11 is 0. The molecule has 0 bridgehead atoms. The highest BCUT2D eigenvalue weighted by atomic mass is 35.5. The van der Waals surface area contributed by atoms with Crippen molar-refractivity contribution in [3.63, 3.8) is 0 Å². The summed E-state index contributed by atoms with van der Waals surface area (Å²) in [5.74, 6) is 0.0763. The largest absolute Gasteiger partial charge is 0.378 e. The predicted octanol–water partition coefficient (Wildman–Crippen LogP) is 2.64. The van der Waals surface area contributed by atoms with Crippen LogP contribution in [0.3, 0.4) is 0 Å². The van der Waals surface area contributed by atoms with E-state index < -0.39 is 0 Å². The number of ether oxygens (including phenoxy) is 1. The van der Waals surface area contributed by atoms with Crippen LogP contribution in [0.2, 0.25) is 0 Å². The van der Waals surface area contributed by atoms with Gasteiger partial charge in [0.2, 0.25) is 5.91 Å². The van der Waals surface area contributed by atoms with Crippen LogP contribution in [0.1, 0.15) is 59.8 Å². The number of nitrogens with one attached hydrogen (secondary N) is 1. The number of amides is 1. The average molecular weight is 319 g/mol. The van der Waals surface area contributed by atoms with E-state index in [-0.39, 0.29) is 46.8 Å². The van der Waals surface area contributed by atoms with Crippen LogP contribution in [0.15, 0.2) is 0 Å². The fourth-order valence-corrected chi connectivity index (χ4v) is 3.78. The molecule has 21 heavy (non-hydrogen) atoms. The third-order valence-corrected chi connectivity index (χ3v) is 6.17. The molecule has 0 aliphatic heterocycles. The van der Waals surface area contributed by atoms with Crippen molar-refractivity contribution >= 4 is 18.3 Å². The first-order chi connectivity index (χ1) is 9.14. The summed E-state index contributed by atoms with van der Waals surface area (Å²) in [7, 11) is 1.75. The van der Waals surface area contributed by atoms with E-state index in [0.717, 1.165) is 32.1 Å². The van der Waals surface area contributed by atoms with Crippen LogP contribution in [0, 0.1) is 11.3 Å². The van der Waals surface area contributed by atoms with Crippen LogP contribution >= 0.6 is 12.4 Å². The van der Waals surface area contributed by atoms with Crippen LogP contribution in [-0.4, -0.2) is 30.2 Å². The molecule has 0 spiro atoms. The zero-order valence-electron chi connectivity index (χ0n) is 14.0. The highest BCUT2D eigenvalue weighted by Crippen LogP contribution is 2.51. The maximum Gasteiger partial charge on any atom is 0.225 e. The quantitative estimate of drug-likeness (QED) is 0.840. The molecule has 2 aliphatic rings. The summed E-state index contributed by atoms with van der Waals surface area (Å²) in [6, 6.07) is 0.178. The van der Waals surface area contributed by atoms with Gasteiger partial charge in [0.05, 0.1) is 11.5 Å². The molecule has 124 valence electrons. The van der Waals surface area contributed by atoms with Gasteiger partial charge in [-0.15, -0.1) is 12.4 Å². The molecule has 4 atom stereocenters. The van der Waals surface area contributed by atoms with Gasteiger partial charge in [-0.1, -0.05) is 26.7 Å². The molecule has 1 amide bonds. The lowest BCUT2D eigenvalue weighted by Crippen LogP contribution is -2.69. The zero-order valence-corrected chi connectivity index (χ0v) is 14.8. The van der Waals surface area contributed by atoms with Crippen molar-refractivity contribution in [3.8, 4) is 0 Å². The first kappa shape index (κ1) is 18.7. The second-order valence-corrected chi connectivity index (χ2v) is 7.73. The normalized spacial score (nSPS) is 41.6. The molecular weight excluding hydrogens is 288 g/mol. The van der Waals surface area contributed by atoms with Crippen molar-refractivity contribution in [3.05, 3.63) is 0 Å². The number of carbonyl (C=O) groups is 1. The van der Waals surface area contributed by atoms with Gasteiger partial charge in [-0.3, -0.25) is 4.79 Å². The second-order valence-electron chi connectivity index (χ2n) is 7.73. The molecule has 2 aliphatic carbocycles. The smallest absolute Gasteiger partial charge is 0.225 e. The minimum Gasteiger partial charge on any atom is -0.378 e. The van der Waals surface area contributed by atoms with Gasteiger partial charge in [-0.25, -0.2) is 0 Å². The molecule has 0 aromatic heterocycles. The van der Waals surface area contributed by atoms with Gasteiger partial charge in [-0.05, 0) is 33.1 Å². The minimum absolute atomic E-state index is 0. The van der Waals surface area contributed by atoms with E-state index >= 15 is 0 Å². The van der Waals surface area contributed by atoms with E-state index in [9.17, 15) is 4.79 Å². The van der Waals surface area contributed by atoms with Crippen LogP contribution < -0.4 is 11.1 Å². The topological polar surface area (TPSA) is 64.3 Å². The van der Waals surface area contributed by atoms with E-state index in [1.165, 1.54) is 0 Å². The number of rotatable bonds is 3. The molecule has 0 saturated heterocycles. The molecule has 0 radical (unpaired) electrons. The Bertz CT molecular complexity index is 398. The summed E-state index contributed by atoms with van der Waals surface area (Å²) in [5.41, 5.74) is 5.77. The Morgan fingerprint density at radius 2 is 1.86 bits per heavy atom. The van der Waals surface area contributed by atoms with Crippen LogP contribution in [0.5, 0.6) is 0 Å². The van der Waals surface area contributed by atoms with E-state index in [2.05, 4.69) is 26.1 Å². The Morgan fingerprint density at radius 3 is 2.33 bits per heavy atom. The van der Waals surface area contributed by atoms with Crippen molar-refractivity contribution in [1.29, 1.82) is 0 Å². The van der Waals surface area contributed by atoms with E-state index in [0.29, 0.717) is 0 Å². The third-order valence-electron chi connectivity index (χ3n) is 6.17. The lowest BCUT2D eigenvalue weighted by atomic mass is 9.55. The van der Waals surface area contributed by atoms with Gasteiger partial charge in [-0.2, -0.15) is 0 Å². The number of hydrogen-bond acceptors (Lipinski definition) is 3. The number of methoxy groups -OCH3 is 1. The van der Waals surface area contributed by atoms with Gasteiger partial charge < -0.3 is 15.8 Å². The zero-order chi connectivity index (χ0) is 15.2. The Hall–Kier alpha value is -0.320. The SMILES string of the molecule is COC1(C)CC(NC(=O)C2CCCCC2(C)N)C1(C)C.Cl. The van der Waals surface area contributed by atoms with Crippen LogP contribution in [0.4, 0.5) is 0 Å². The average Bonchev–Trinajstić information content (AvgIpc) is 2.37. The lowest BCUT2D eigenvalue weighted by Gasteiger charge is -2.59. The molecular formula is C16H31ClN2O2. The second kappa shape index (κ2) is 6.05. The maximum absolute atomic E-state index is 12.6. The highest BCUT2D eigenvalue weighted by Gasteiger charge is 2.58. The number of carbonyl (C=O) groups excluding carboxylic acids is 1. The Balaban J connectivity index is 0.00000220. The Labute approximate surface area is 135 Å². The maximum atomic E-state index is 12.6. The van der Waals surface area contributed by atoms with E-state index in [1.807, 2.05) is 6.92 Å². The van der Waals surface area contributed by atoms with Crippen molar-refractivity contribution in [2.45, 2.75) is 77.0 Å². The molecule has 2 saturated carbocycles. The molecule has 4 nitrogen and oxygen atoms in total. The number of nitrogens with two attached hydrogens (primary N) is 1. The summed E-state index contributed by atoms with van der Waals surface area (Å²) in [6.07, 6.45) is 4.96. The first-order valence-electron chi connectivity index (χ1n) is 7.78. The Morgan fingerprint density at radius 1 is 1.24 bits per heavy atom. The molecule has 4 unspecified atom stereocenters. The molecule has 2 fully saturated rings. The van der Waals surface area contributed by atoms with E-state index in [1.54, 1.807) is 7.11 Å². The summed E-state index contributed by atoms with van der Waals surface area (Å²) < 4.78 is 5.61.